The number of aromatic nitrogens is 1. The third-order valence-electron chi connectivity index (χ3n) is 2.14. The molecule has 0 saturated carbocycles. The summed E-state index contributed by atoms with van der Waals surface area (Å²) in [4.78, 5) is 11.0. The van der Waals surface area contributed by atoms with E-state index < -0.39 is 0 Å². The molecule has 2 nitrogen and oxygen atoms in total. The van der Waals surface area contributed by atoms with Crippen molar-refractivity contribution in [3.05, 3.63) is 29.0 Å². The van der Waals surface area contributed by atoms with Crippen LogP contribution in [-0.2, 0) is 11.3 Å². The summed E-state index contributed by atoms with van der Waals surface area (Å²) in [7, 11) is 0. The minimum atomic E-state index is 0.284. The Labute approximate surface area is 103 Å². The van der Waals surface area contributed by atoms with E-state index in [4.69, 9.17) is 0 Å². The lowest BCUT2D eigenvalue weighted by atomic mass is 10.2. The zero-order valence-electron chi connectivity index (χ0n) is 8.78. The first kappa shape index (κ1) is 12.7. The molecule has 1 rings (SSSR count). The maximum absolute atomic E-state index is 11.0. The molecule has 0 radical (unpaired) electrons. The SMILES string of the molecule is CSC(=O)CCCC[n+]1ccccc1Br. The molecular formula is C11H15BrNOS+. The number of hydrogen-bond acceptors (Lipinski definition) is 2. The van der Waals surface area contributed by atoms with Gasteiger partial charge < -0.3 is 0 Å². The molecule has 0 unspecified atom stereocenters. The molecule has 0 atom stereocenters. The Morgan fingerprint density at radius 1 is 1.47 bits per heavy atom. The lowest BCUT2D eigenvalue weighted by molar-refractivity contribution is -0.707. The van der Waals surface area contributed by atoms with E-state index >= 15 is 0 Å². The fraction of sp³-hybridized carbons (Fsp3) is 0.455. The van der Waals surface area contributed by atoms with Crippen molar-refractivity contribution in [2.24, 2.45) is 0 Å². The summed E-state index contributed by atoms with van der Waals surface area (Å²) in [6.07, 6.45) is 6.57. The van der Waals surface area contributed by atoms with Gasteiger partial charge in [-0.3, -0.25) is 4.79 Å². The van der Waals surface area contributed by atoms with Crippen LogP contribution < -0.4 is 4.57 Å². The summed E-state index contributed by atoms with van der Waals surface area (Å²) in [5.74, 6) is 0. The van der Waals surface area contributed by atoms with Crippen molar-refractivity contribution in [2.45, 2.75) is 25.8 Å². The number of nitrogens with zero attached hydrogens (tertiary/aromatic N) is 1. The van der Waals surface area contributed by atoms with Crippen molar-refractivity contribution in [2.75, 3.05) is 6.26 Å². The van der Waals surface area contributed by atoms with Crippen molar-refractivity contribution in [3.63, 3.8) is 0 Å². The Bertz CT molecular complexity index is 330. The Morgan fingerprint density at radius 2 is 2.27 bits per heavy atom. The van der Waals surface area contributed by atoms with E-state index in [2.05, 4.69) is 20.5 Å². The third-order valence-corrected chi connectivity index (χ3v) is 3.52. The molecule has 0 bridgehead atoms. The highest BCUT2D eigenvalue weighted by atomic mass is 79.9. The summed E-state index contributed by atoms with van der Waals surface area (Å²) >= 11 is 4.80. The first-order valence-electron chi connectivity index (χ1n) is 4.95. The lowest BCUT2D eigenvalue weighted by Crippen LogP contribution is -2.34. The summed E-state index contributed by atoms with van der Waals surface area (Å²) in [6.45, 7) is 0.961. The quantitative estimate of drug-likeness (QED) is 0.472. The summed E-state index contributed by atoms with van der Waals surface area (Å²) < 4.78 is 3.23. The smallest absolute Gasteiger partial charge is 0.247 e. The fourth-order valence-corrected chi connectivity index (χ4v) is 2.09. The molecule has 0 aromatic carbocycles. The van der Waals surface area contributed by atoms with Gasteiger partial charge in [-0.1, -0.05) is 11.8 Å². The van der Waals surface area contributed by atoms with Crippen molar-refractivity contribution in [1.29, 1.82) is 0 Å². The van der Waals surface area contributed by atoms with E-state index in [1.807, 2.05) is 30.7 Å². The molecule has 1 heterocycles. The second-order valence-electron chi connectivity index (χ2n) is 3.25. The molecule has 1 aromatic heterocycles. The van der Waals surface area contributed by atoms with Crippen LogP contribution in [0.15, 0.2) is 29.0 Å². The van der Waals surface area contributed by atoms with Crippen LogP contribution >= 0.6 is 27.7 Å². The van der Waals surface area contributed by atoms with Crippen molar-refractivity contribution >= 4 is 32.8 Å². The van der Waals surface area contributed by atoms with Gasteiger partial charge in [-0.2, -0.15) is 4.57 Å². The summed E-state index contributed by atoms with van der Waals surface area (Å²) in [6, 6.07) is 6.03. The molecule has 0 N–H and O–H groups in total. The van der Waals surface area contributed by atoms with Crippen LogP contribution in [-0.4, -0.2) is 11.4 Å². The van der Waals surface area contributed by atoms with Crippen molar-refractivity contribution in [3.8, 4) is 0 Å². The van der Waals surface area contributed by atoms with E-state index in [-0.39, 0.29) is 5.12 Å². The molecule has 0 aliphatic carbocycles. The Kier molecular flexibility index (Phi) is 5.95. The van der Waals surface area contributed by atoms with Gasteiger partial charge in [0.25, 0.3) is 0 Å². The molecule has 82 valence electrons. The standard InChI is InChI=1S/C11H15BrNOS/c1-15-11(14)7-3-5-9-13-8-4-2-6-10(13)12/h2,4,6,8H,3,5,7,9H2,1H3/q+1. The normalized spacial score (nSPS) is 10.3. The Hall–Kier alpha value is -0.350. The topological polar surface area (TPSA) is 20.9 Å². The van der Waals surface area contributed by atoms with Crippen molar-refractivity contribution in [1.82, 2.24) is 0 Å². The molecule has 0 saturated heterocycles. The van der Waals surface area contributed by atoms with E-state index in [9.17, 15) is 4.79 Å². The highest BCUT2D eigenvalue weighted by Crippen LogP contribution is 2.06. The van der Waals surface area contributed by atoms with Crippen LogP contribution in [0, 0.1) is 0 Å². The van der Waals surface area contributed by atoms with Gasteiger partial charge in [-0.25, -0.2) is 0 Å². The third kappa shape index (κ3) is 4.80. The predicted octanol–water partition coefficient (Wildman–Crippen LogP) is 2.80. The van der Waals surface area contributed by atoms with E-state index in [1.165, 1.54) is 11.8 Å². The van der Waals surface area contributed by atoms with E-state index in [0.717, 1.165) is 24.0 Å². The van der Waals surface area contributed by atoms with Gasteiger partial charge in [0.05, 0.1) is 0 Å². The Balaban J connectivity index is 2.26. The largest absolute Gasteiger partial charge is 0.287 e. The monoisotopic (exact) mass is 288 g/mol. The number of carbonyl (C=O) groups excluding carboxylic acids is 1. The van der Waals surface area contributed by atoms with Gasteiger partial charge in [0.1, 0.15) is 6.54 Å². The number of thioether (sulfide) groups is 1. The molecule has 0 amide bonds. The minimum Gasteiger partial charge on any atom is -0.287 e. The number of hydrogen-bond donors (Lipinski definition) is 0. The first-order chi connectivity index (χ1) is 7.24. The number of carbonyl (C=O) groups is 1. The van der Waals surface area contributed by atoms with Crippen LogP contribution in [0.25, 0.3) is 0 Å². The zero-order chi connectivity index (χ0) is 11.1. The summed E-state index contributed by atoms with van der Waals surface area (Å²) in [5.41, 5.74) is 0. The minimum absolute atomic E-state index is 0.284. The molecule has 4 heteroatoms. The van der Waals surface area contributed by atoms with Gasteiger partial charge in [0, 0.05) is 40.9 Å². The fourth-order valence-electron chi connectivity index (χ4n) is 1.29. The maximum Gasteiger partial charge on any atom is 0.247 e. The molecular weight excluding hydrogens is 274 g/mol. The number of unbranched alkanes of at least 4 members (excludes halogenated alkanes) is 1. The van der Waals surface area contributed by atoms with Gasteiger partial charge >= 0.3 is 0 Å². The lowest BCUT2D eigenvalue weighted by Gasteiger charge is -1.98. The molecule has 15 heavy (non-hydrogen) atoms. The van der Waals surface area contributed by atoms with Gasteiger partial charge in [0.15, 0.2) is 11.3 Å². The van der Waals surface area contributed by atoms with Gasteiger partial charge in [0.2, 0.25) is 4.60 Å². The molecule has 0 aliphatic heterocycles. The van der Waals surface area contributed by atoms with Crippen LogP contribution in [0.1, 0.15) is 19.3 Å². The molecule has 0 fully saturated rings. The van der Waals surface area contributed by atoms with E-state index in [0.29, 0.717) is 6.42 Å². The average Bonchev–Trinajstić information content (AvgIpc) is 2.26. The summed E-state index contributed by atoms with van der Waals surface area (Å²) in [5, 5.41) is 0.284. The maximum atomic E-state index is 11.0. The van der Waals surface area contributed by atoms with Gasteiger partial charge in [-0.15, -0.1) is 0 Å². The zero-order valence-corrected chi connectivity index (χ0v) is 11.2. The van der Waals surface area contributed by atoms with Crippen LogP contribution in [0.2, 0.25) is 0 Å². The average molecular weight is 289 g/mol. The van der Waals surface area contributed by atoms with Crippen LogP contribution in [0.4, 0.5) is 0 Å². The number of rotatable bonds is 5. The highest BCUT2D eigenvalue weighted by molar-refractivity contribution is 9.10. The second-order valence-corrected chi connectivity index (χ2v) is 4.93. The Morgan fingerprint density at radius 3 is 2.93 bits per heavy atom. The van der Waals surface area contributed by atoms with Gasteiger partial charge in [-0.05, 0) is 18.7 Å². The molecule has 0 aliphatic rings. The predicted molar refractivity (Wildman–Crippen MR) is 66.7 cm³/mol. The van der Waals surface area contributed by atoms with E-state index in [1.54, 1.807) is 0 Å². The molecule has 1 aromatic rings. The number of aryl methyl sites for hydroxylation is 1. The molecule has 0 spiro atoms. The van der Waals surface area contributed by atoms with Crippen LogP contribution in [0.5, 0.6) is 0 Å². The number of halogens is 1. The van der Waals surface area contributed by atoms with Crippen molar-refractivity contribution < 1.29 is 9.36 Å². The number of pyridine rings is 1. The first-order valence-corrected chi connectivity index (χ1v) is 6.96. The second kappa shape index (κ2) is 7.01. The van der Waals surface area contributed by atoms with Crippen LogP contribution in [0.3, 0.4) is 0 Å². The highest BCUT2D eigenvalue weighted by Gasteiger charge is 2.05.